The Morgan fingerprint density at radius 1 is 1.08 bits per heavy atom. The zero-order valence-electron chi connectivity index (χ0n) is 20.8. The Morgan fingerprint density at radius 2 is 1.83 bits per heavy atom. The molecule has 1 saturated heterocycles. The number of methoxy groups -OCH3 is 1. The van der Waals surface area contributed by atoms with Crippen molar-refractivity contribution >= 4 is 35.2 Å². The fraction of sp³-hybridized carbons (Fsp3) is 0.483. The number of piperidine rings is 1. The van der Waals surface area contributed by atoms with Crippen LogP contribution < -0.4 is 14.8 Å². The summed E-state index contributed by atoms with van der Waals surface area (Å²) in [5.74, 6) is 2.87. The van der Waals surface area contributed by atoms with Crippen LogP contribution in [0, 0.1) is 5.92 Å². The van der Waals surface area contributed by atoms with Gasteiger partial charge < -0.3 is 19.7 Å². The van der Waals surface area contributed by atoms with Crippen molar-refractivity contribution in [1.82, 2.24) is 10.2 Å². The smallest absolute Gasteiger partial charge is 0.247 e. The largest absolute Gasteiger partial charge is 0.497 e. The summed E-state index contributed by atoms with van der Waals surface area (Å²) in [5, 5.41) is 4.21. The van der Waals surface area contributed by atoms with E-state index in [1.807, 2.05) is 6.08 Å². The zero-order valence-corrected chi connectivity index (χ0v) is 22.3. The highest BCUT2D eigenvalue weighted by Gasteiger charge is 2.30. The van der Waals surface area contributed by atoms with Crippen LogP contribution in [0.1, 0.15) is 55.6 Å². The van der Waals surface area contributed by atoms with Crippen LogP contribution in [-0.4, -0.2) is 50.2 Å². The molecule has 1 saturated carbocycles. The van der Waals surface area contributed by atoms with Gasteiger partial charge in [-0.05, 0) is 86.9 Å². The van der Waals surface area contributed by atoms with E-state index in [1.165, 1.54) is 24.8 Å². The number of benzene rings is 2. The van der Waals surface area contributed by atoms with Crippen molar-refractivity contribution in [2.75, 3.05) is 33.4 Å². The van der Waals surface area contributed by atoms with Gasteiger partial charge in [0, 0.05) is 36.2 Å². The van der Waals surface area contributed by atoms with Crippen molar-refractivity contribution in [3.8, 4) is 11.5 Å². The van der Waals surface area contributed by atoms with E-state index in [-0.39, 0.29) is 11.9 Å². The second-order valence-electron chi connectivity index (χ2n) is 10.3. The lowest BCUT2D eigenvalue weighted by Crippen LogP contribution is -2.37. The number of hydrogen-bond donors (Lipinski definition) is 1. The molecule has 1 amide bonds. The van der Waals surface area contributed by atoms with Gasteiger partial charge in [0.2, 0.25) is 5.91 Å². The number of ether oxygens (including phenoxy) is 2. The predicted octanol–water partition coefficient (Wildman–Crippen LogP) is 6.33. The zero-order chi connectivity index (χ0) is 25.1. The summed E-state index contributed by atoms with van der Waals surface area (Å²) in [7, 11) is 1.71. The molecule has 0 spiro atoms. The van der Waals surface area contributed by atoms with Crippen LogP contribution in [0.3, 0.4) is 0 Å². The highest BCUT2D eigenvalue weighted by atomic mass is 35.5. The molecule has 36 heavy (non-hydrogen) atoms. The predicted molar refractivity (Wildman–Crippen MR) is 145 cm³/mol. The third-order valence-corrected chi connectivity index (χ3v) is 8.59. The number of likely N-dealkylation sites (tertiary alicyclic amines) is 1. The Morgan fingerprint density at radius 3 is 2.58 bits per heavy atom. The molecule has 2 atom stereocenters. The van der Waals surface area contributed by atoms with Crippen molar-refractivity contribution in [2.24, 2.45) is 5.92 Å². The summed E-state index contributed by atoms with van der Waals surface area (Å²) in [4.78, 5) is 15.7. The van der Waals surface area contributed by atoms with E-state index >= 15 is 0 Å². The Kier molecular flexibility index (Phi) is 8.09. The van der Waals surface area contributed by atoms with Crippen molar-refractivity contribution in [3.05, 3.63) is 63.1 Å². The maximum atomic E-state index is 13.1. The lowest BCUT2D eigenvalue weighted by atomic mass is 9.89. The fourth-order valence-corrected chi connectivity index (χ4v) is 6.16. The topological polar surface area (TPSA) is 50.8 Å². The molecule has 192 valence electrons. The van der Waals surface area contributed by atoms with Gasteiger partial charge in [0.05, 0.1) is 23.8 Å². The Balaban J connectivity index is 1.10. The average molecular weight is 530 g/mol. The normalized spacial score (nSPS) is 22.8. The number of carbonyl (C=O) groups is 1. The molecular formula is C29H34Cl2N2O3. The monoisotopic (exact) mass is 528 g/mol. The SMILES string of the molecule is COc1ccc(C2CCN(CC3CCC(NC(=O)C4=Cc5cc(Cl)c(Cl)cc5OCC4)C3)CC2)cc1. The molecule has 3 aliphatic rings. The van der Waals surface area contributed by atoms with Crippen LogP contribution in [0.4, 0.5) is 0 Å². The first kappa shape index (κ1) is 25.4. The van der Waals surface area contributed by atoms with Gasteiger partial charge in [0.25, 0.3) is 0 Å². The van der Waals surface area contributed by atoms with E-state index in [0.29, 0.717) is 40.7 Å². The van der Waals surface area contributed by atoms with E-state index in [1.54, 1.807) is 19.2 Å². The van der Waals surface area contributed by atoms with Gasteiger partial charge in [-0.2, -0.15) is 0 Å². The maximum Gasteiger partial charge on any atom is 0.247 e. The molecule has 2 unspecified atom stereocenters. The van der Waals surface area contributed by atoms with Crippen LogP contribution in [0.25, 0.3) is 6.08 Å². The molecule has 2 aliphatic heterocycles. The minimum Gasteiger partial charge on any atom is -0.497 e. The van der Waals surface area contributed by atoms with Gasteiger partial charge >= 0.3 is 0 Å². The molecule has 5 rings (SSSR count). The molecule has 7 heteroatoms. The Hall–Kier alpha value is -2.21. The van der Waals surface area contributed by atoms with Gasteiger partial charge in [-0.1, -0.05) is 35.3 Å². The summed E-state index contributed by atoms with van der Waals surface area (Å²) in [5.41, 5.74) is 2.95. The number of halogens is 2. The minimum atomic E-state index is 0.00322. The molecule has 2 aromatic carbocycles. The molecule has 2 heterocycles. The van der Waals surface area contributed by atoms with Gasteiger partial charge in [-0.3, -0.25) is 4.79 Å². The van der Waals surface area contributed by atoms with Crippen LogP contribution in [0.2, 0.25) is 10.0 Å². The number of hydrogen-bond acceptors (Lipinski definition) is 4. The van der Waals surface area contributed by atoms with E-state index < -0.39 is 0 Å². The number of nitrogens with one attached hydrogen (secondary N) is 1. The molecule has 0 radical (unpaired) electrons. The van der Waals surface area contributed by atoms with E-state index in [0.717, 1.165) is 49.4 Å². The molecule has 1 aliphatic carbocycles. The van der Waals surface area contributed by atoms with E-state index in [4.69, 9.17) is 32.7 Å². The van der Waals surface area contributed by atoms with Gasteiger partial charge in [0.1, 0.15) is 11.5 Å². The van der Waals surface area contributed by atoms with Gasteiger partial charge in [-0.25, -0.2) is 0 Å². The van der Waals surface area contributed by atoms with Crippen molar-refractivity contribution in [2.45, 2.75) is 50.5 Å². The number of amides is 1. The average Bonchev–Trinajstić information content (AvgIpc) is 3.22. The lowest BCUT2D eigenvalue weighted by molar-refractivity contribution is -0.118. The number of nitrogens with zero attached hydrogens (tertiary/aromatic N) is 1. The van der Waals surface area contributed by atoms with Crippen LogP contribution in [0.15, 0.2) is 42.0 Å². The second kappa shape index (κ2) is 11.5. The van der Waals surface area contributed by atoms with Crippen molar-refractivity contribution < 1.29 is 14.3 Å². The van der Waals surface area contributed by atoms with Crippen molar-refractivity contribution in [1.29, 1.82) is 0 Å². The fourth-order valence-electron chi connectivity index (χ4n) is 5.83. The molecule has 5 nitrogen and oxygen atoms in total. The third-order valence-electron chi connectivity index (χ3n) is 7.87. The molecule has 0 aromatic heterocycles. The quantitative estimate of drug-likeness (QED) is 0.475. The summed E-state index contributed by atoms with van der Waals surface area (Å²) in [6.07, 6.45) is 8.11. The molecule has 0 bridgehead atoms. The van der Waals surface area contributed by atoms with Crippen molar-refractivity contribution in [3.63, 3.8) is 0 Å². The van der Waals surface area contributed by atoms with Crippen LogP contribution >= 0.6 is 23.2 Å². The first-order valence-corrected chi connectivity index (χ1v) is 13.7. The van der Waals surface area contributed by atoms with Gasteiger partial charge in [-0.15, -0.1) is 0 Å². The summed E-state index contributed by atoms with van der Waals surface area (Å²) in [6.45, 7) is 3.86. The maximum absolute atomic E-state index is 13.1. The Labute approximate surface area is 223 Å². The lowest BCUT2D eigenvalue weighted by Gasteiger charge is -2.33. The first-order valence-electron chi connectivity index (χ1n) is 13.0. The molecular weight excluding hydrogens is 495 g/mol. The molecule has 2 fully saturated rings. The number of rotatable bonds is 6. The standard InChI is InChI=1S/C29H34Cl2N2O3/c1-35-25-6-3-20(4-7-25)21-8-11-33(12-9-21)18-19-2-5-24(14-19)32-29(34)22-10-13-36-28-17-27(31)26(30)16-23(28)15-22/h3-4,6-7,15-17,19,21,24H,2,5,8-14,18H2,1H3,(H,32,34). The number of carbonyl (C=O) groups excluding carboxylic acids is 1. The van der Waals surface area contributed by atoms with Crippen LogP contribution in [-0.2, 0) is 4.79 Å². The Bertz CT molecular complexity index is 1110. The van der Waals surface area contributed by atoms with Gasteiger partial charge in [0.15, 0.2) is 0 Å². The van der Waals surface area contributed by atoms with E-state index in [2.05, 4.69) is 34.5 Å². The molecule has 2 aromatic rings. The van der Waals surface area contributed by atoms with E-state index in [9.17, 15) is 4.79 Å². The summed E-state index contributed by atoms with van der Waals surface area (Å²) < 4.78 is 11.1. The summed E-state index contributed by atoms with van der Waals surface area (Å²) >= 11 is 12.3. The third kappa shape index (κ3) is 6.01. The minimum absolute atomic E-state index is 0.00322. The summed E-state index contributed by atoms with van der Waals surface area (Å²) in [6, 6.07) is 12.3. The first-order chi connectivity index (χ1) is 17.5. The van der Waals surface area contributed by atoms with Crippen LogP contribution in [0.5, 0.6) is 11.5 Å². The highest BCUT2D eigenvalue weighted by Crippen LogP contribution is 2.35. The second-order valence-corrected chi connectivity index (χ2v) is 11.1. The highest BCUT2D eigenvalue weighted by molar-refractivity contribution is 6.42. The molecule has 1 N–H and O–H groups in total. The number of fused-ring (bicyclic) bond motifs is 1.